The topological polar surface area (TPSA) is 151 Å². The van der Waals surface area contributed by atoms with Gasteiger partial charge >= 0.3 is 11.9 Å². The maximum atomic E-state index is 12.1. The fraction of sp³-hybridized carbons (Fsp3) is 0.852. The van der Waals surface area contributed by atoms with E-state index < -0.39 is 18.0 Å². The van der Waals surface area contributed by atoms with E-state index >= 15 is 0 Å². The van der Waals surface area contributed by atoms with Crippen LogP contribution in [0.5, 0.6) is 0 Å². The number of carboxylic acid groups (broad SMARTS) is 2. The highest BCUT2D eigenvalue weighted by molar-refractivity contribution is 5.84. The van der Waals surface area contributed by atoms with Crippen molar-refractivity contribution in [2.24, 2.45) is 0 Å². The Hall–Kier alpha value is -2.20. The molecular weight excluding hydrogens is 480 g/mol. The molecule has 0 saturated heterocycles. The lowest BCUT2D eigenvalue weighted by Gasteiger charge is -2.14. The summed E-state index contributed by atoms with van der Waals surface area (Å²) < 4.78 is 10.4. The summed E-state index contributed by atoms with van der Waals surface area (Å²) in [6, 6.07) is -1.07. The molecule has 2 amide bonds. The third kappa shape index (κ3) is 25.2. The van der Waals surface area contributed by atoms with Gasteiger partial charge in [-0.25, -0.2) is 4.79 Å². The van der Waals surface area contributed by atoms with Crippen molar-refractivity contribution in [2.75, 3.05) is 33.0 Å². The van der Waals surface area contributed by atoms with Crippen LogP contribution in [0.1, 0.15) is 110 Å². The Labute approximate surface area is 222 Å². The lowest BCUT2D eigenvalue weighted by Crippen LogP contribution is -2.41. The Morgan fingerprint density at radius 3 is 1.68 bits per heavy atom. The molecule has 0 heterocycles. The highest BCUT2D eigenvalue weighted by Crippen LogP contribution is 2.13. The fourth-order valence-electron chi connectivity index (χ4n) is 3.84. The first-order valence-electron chi connectivity index (χ1n) is 14.0. The van der Waals surface area contributed by atoms with E-state index in [1.807, 2.05) is 6.92 Å². The maximum absolute atomic E-state index is 12.1. The van der Waals surface area contributed by atoms with E-state index in [1.54, 1.807) is 0 Å². The van der Waals surface area contributed by atoms with Gasteiger partial charge in [-0.3, -0.25) is 14.4 Å². The van der Waals surface area contributed by atoms with E-state index in [-0.39, 0.29) is 37.5 Å². The monoisotopic (exact) mass is 530 g/mol. The van der Waals surface area contributed by atoms with Gasteiger partial charge in [0.2, 0.25) is 11.8 Å². The van der Waals surface area contributed by atoms with Crippen molar-refractivity contribution in [1.82, 2.24) is 10.6 Å². The normalized spacial score (nSPS) is 11.7. The molecule has 0 aliphatic rings. The largest absolute Gasteiger partial charge is 0.481 e. The first-order valence-corrected chi connectivity index (χ1v) is 14.0. The summed E-state index contributed by atoms with van der Waals surface area (Å²) in [4.78, 5) is 45.9. The molecule has 0 aromatic rings. The third-order valence-electron chi connectivity index (χ3n) is 5.98. The summed E-state index contributed by atoms with van der Waals surface area (Å²) in [5.41, 5.74) is 0. The van der Waals surface area contributed by atoms with Gasteiger partial charge < -0.3 is 30.3 Å². The van der Waals surface area contributed by atoms with Gasteiger partial charge in [-0.2, -0.15) is 0 Å². The zero-order valence-corrected chi connectivity index (χ0v) is 22.8. The second-order valence-electron chi connectivity index (χ2n) is 9.29. The summed E-state index contributed by atoms with van der Waals surface area (Å²) in [5, 5.41) is 23.2. The van der Waals surface area contributed by atoms with Crippen molar-refractivity contribution in [2.45, 2.75) is 116 Å². The Morgan fingerprint density at radius 2 is 1.16 bits per heavy atom. The Kier molecular flexibility index (Phi) is 23.9. The second-order valence-corrected chi connectivity index (χ2v) is 9.29. The molecule has 37 heavy (non-hydrogen) atoms. The summed E-state index contributed by atoms with van der Waals surface area (Å²) in [6.07, 6.45) is 13.3. The molecular formula is C27H50N2O8. The minimum absolute atomic E-state index is 0.0148. The van der Waals surface area contributed by atoms with E-state index in [1.165, 1.54) is 32.1 Å². The van der Waals surface area contributed by atoms with Crippen LogP contribution in [-0.2, 0) is 28.7 Å². The minimum Gasteiger partial charge on any atom is -0.481 e. The molecule has 4 N–H and O–H groups in total. The molecule has 0 radical (unpaired) electrons. The van der Waals surface area contributed by atoms with Gasteiger partial charge in [0.1, 0.15) is 6.04 Å². The molecule has 0 aliphatic heterocycles. The summed E-state index contributed by atoms with van der Waals surface area (Å²) in [5.74, 6) is -2.42. The molecule has 10 nitrogen and oxygen atoms in total. The SMILES string of the molecule is CCOCCOCCNC(=O)CC[C@H](NC(=O)CCCCCCCCCCCCCCC(=O)O)C(=O)O. The van der Waals surface area contributed by atoms with Crippen molar-refractivity contribution in [1.29, 1.82) is 0 Å². The number of hydrogen-bond acceptors (Lipinski definition) is 6. The smallest absolute Gasteiger partial charge is 0.326 e. The van der Waals surface area contributed by atoms with E-state index in [2.05, 4.69) is 10.6 Å². The fourth-order valence-corrected chi connectivity index (χ4v) is 3.84. The van der Waals surface area contributed by atoms with Crippen LogP contribution in [0.2, 0.25) is 0 Å². The quantitative estimate of drug-likeness (QED) is 0.116. The number of carbonyl (C=O) groups is 4. The van der Waals surface area contributed by atoms with E-state index in [0.29, 0.717) is 33.0 Å². The lowest BCUT2D eigenvalue weighted by molar-refractivity contribution is -0.142. The van der Waals surface area contributed by atoms with Crippen molar-refractivity contribution in [3.8, 4) is 0 Å². The summed E-state index contributed by atoms with van der Waals surface area (Å²) >= 11 is 0. The number of aliphatic carboxylic acids is 2. The number of amides is 2. The van der Waals surface area contributed by atoms with Gasteiger partial charge in [0, 0.05) is 32.4 Å². The van der Waals surface area contributed by atoms with Gasteiger partial charge in [-0.05, 0) is 26.2 Å². The molecule has 0 unspecified atom stereocenters. The minimum atomic E-state index is -1.14. The number of ether oxygens (including phenoxy) is 2. The zero-order chi connectivity index (χ0) is 27.6. The van der Waals surface area contributed by atoms with E-state index in [9.17, 15) is 24.3 Å². The Balaban J connectivity index is 3.68. The van der Waals surface area contributed by atoms with E-state index in [0.717, 1.165) is 44.9 Å². The maximum Gasteiger partial charge on any atom is 0.326 e. The Morgan fingerprint density at radius 1 is 0.649 bits per heavy atom. The number of unbranched alkanes of at least 4 members (excludes halogenated alkanes) is 11. The predicted molar refractivity (Wildman–Crippen MR) is 141 cm³/mol. The van der Waals surface area contributed by atoms with Gasteiger partial charge in [0.25, 0.3) is 0 Å². The number of hydrogen-bond donors (Lipinski definition) is 4. The lowest BCUT2D eigenvalue weighted by atomic mass is 10.0. The Bertz CT molecular complexity index is 615. The number of carbonyl (C=O) groups excluding carboxylic acids is 2. The molecule has 0 bridgehead atoms. The average molecular weight is 531 g/mol. The zero-order valence-electron chi connectivity index (χ0n) is 22.8. The number of carboxylic acids is 2. The summed E-state index contributed by atoms with van der Waals surface area (Å²) in [6.45, 7) is 4.19. The van der Waals surface area contributed by atoms with Gasteiger partial charge in [-0.1, -0.05) is 64.2 Å². The van der Waals surface area contributed by atoms with Crippen LogP contribution in [0, 0.1) is 0 Å². The second kappa shape index (κ2) is 25.4. The van der Waals surface area contributed by atoms with Gasteiger partial charge in [0.05, 0.1) is 19.8 Å². The molecule has 0 aromatic carbocycles. The van der Waals surface area contributed by atoms with Crippen LogP contribution >= 0.6 is 0 Å². The molecule has 0 spiro atoms. The van der Waals surface area contributed by atoms with E-state index in [4.69, 9.17) is 14.6 Å². The van der Waals surface area contributed by atoms with Crippen molar-refractivity contribution in [3.05, 3.63) is 0 Å². The molecule has 0 rings (SSSR count). The van der Waals surface area contributed by atoms with Crippen LogP contribution < -0.4 is 10.6 Å². The highest BCUT2D eigenvalue weighted by Gasteiger charge is 2.20. The average Bonchev–Trinajstić information content (AvgIpc) is 2.85. The molecule has 216 valence electrons. The molecule has 10 heteroatoms. The van der Waals surface area contributed by atoms with Gasteiger partial charge in [-0.15, -0.1) is 0 Å². The van der Waals surface area contributed by atoms with Crippen LogP contribution in [0.3, 0.4) is 0 Å². The first kappa shape index (κ1) is 34.8. The van der Waals surface area contributed by atoms with Crippen LogP contribution in [0.25, 0.3) is 0 Å². The standard InChI is InChI=1S/C27H50N2O8/c1-2-36-21-22-37-20-19-28-24(30)18-17-23(27(34)35)29-25(31)15-13-11-9-7-5-3-4-6-8-10-12-14-16-26(32)33/h23H,2-22H2,1H3,(H,28,30)(H,29,31)(H,32,33)(H,34,35)/t23-/m0/s1. The number of rotatable bonds is 27. The summed E-state index contributed by atoms with van der Waals surface area (Å²) in [7, 11) is 0. The first-order chi connectivity index (χ1) is 17.9. The molecule has 0 saturated carbocycles. The molecule has 0 aliphatic carbocycles. The van der Waals surface area contributed by atoms with Crippen LogP contribution in [-0.4, -0.2) is 73.0 Å². The molecule has 0 fully saturated rings. The van der Waals surface area contributed by atoms with Gasteiger partial charge in [0.15, 0.2) is 0 Å². The third-order valence-corrected chi connectivity index (χ3v) is 5.98. The van der Waals surface area contributed by atoms with Crippen LogP contribution in [0.4, 0.5) is 0 Å². The highest BCUT2D eigenvalue weighted by atomic mass is 16.5. The number of nitrogens with one attached hydrogen (secondary N) is 2. The van der Waals surface area contributed by atoms with Crippen LogP contribution in [0.15, 0.2) is 0 Å². The van der Waals surface area contributed by atoms with Crippen molar-refractivity contribution in [3.63, 3.8) is 0 Å². The van der Waals surface area contributed by atoms with Crippen molar-refractivity contribution < 1.29 is 38.9 Å². The predicted octanol–water partition coefficient (Wildman–Crippen LogP) is 4.05. The van der Waals surface area contributed by atoms with Crippen molar-refractivity contribution >= 4 is 23.8 Å². The molecule has 0 aromatic heterocycles. The molecule has 1 atom stereocenters.